The maximum absolute atomic E-state index is 13.4. The fraction of sp³-hybridized carbons (Fsp3) is 0.806. The summed E-state index contributed by atoms with van der Waals surface area (Å²) < 4.78 is 5.23. The first-order valence-corrected chi connectivity index (χ1v) is 15.3. The highest BCUT2D eigenvalue weighted by Gasteiger charge is 2.67. The van der Waals surface area contributed by atoms with E-state index in [2.05, 4.69) is 19.2 Å². The highest BCUT2D eigenvalue weighted by Crippen LogP contribution is 2.70. The fourth-order valence-corrected chi connectivity index (χ4v) is 10.2. The van der Waals surface area contributed by atoms with Crippen LogP contribution in [0.2, 0.25) is 0 Å². The van der Waals surface area contributed by atoms with Crippen LogP contribution in [0.4, 0.5) is 4.79 Å². The SMILES string of the molecule is CN(C(=O)N1CCN[C@H](CO)C1)[C@H]1CC[C@@]2(C)[C@H](CC[C@@H]3[C@@H]2CC[C@]2(C)[C@@H](c4ccc(=O)oc4)CC[C@]32O)C1. The topological polar surface area (TPSA) is 106 Å². The number of hydrogen-bond acceptors (Lipinski definition) is 6. The van der Waals surface area contributed by atoms with E-state index in [1.807, 2.05) is 22.9 Å². The van der Waals surface area contributed by atoms with Crippen molar-refractivity contribution >= 4 is 6.03 Å². The Bertz CT molecular complexity index is 1120. The number of amides is 2. The molecule has 8 nitrogen and oxygen atoms in total. The molecule has 0 aromatic carbocycles. The number of aliphatic hydroxyl groups is 2. The lowest BCUT2D eigenvalue weighted by Gasteiger charge is -2.64. The number of urea groups is 1. The number of hydrogen-bond donors (Lipinski definition) is 3. The van der Waals surface area contributed by atoms with Crippen molar-refractivity contribution in [1.29, 1.82) is 0 Å². The van der Waals surface area contributed by atoms with E-state index in [1.54, 1.807) is 6.26 Å². The summed E-state index contributed by atoms with van der Waals surface area (Å²) in [7, 11) is 1.97. The summed E-state index contributed by atoms with van der Waals surface area (Å²) in [6, 6.07) is 3.71. The summed E-state index contributed by atoms with van der Waals surface area (Å²) in [5, 5.41) is 25.3. The van der Waals surface area contributed by atoms with E-state index in [0.717, 1.165) is 69.9 Å². The van der Waals surface area contributed by atoms with E-state index >= 15 is 0 Å². The molecule has 1 aromatic rings. The van der Waals surface area contributed by atoms with Crippen molar-refractivity contribution < 1.29 is 19.4 Å². The molecule has 2 heterocycles. The van der Waals surface area contributed by atoms with Crippen LogP contribution in [0, 0.1) is 28.6 Å². The molecule has 5 aliphatic rings. The third-order valence-corrected chi connectivity index (χ3v) is 12.5. The monoisotopic (exact) mass is 541 g/mol. The summed E-state index contributed by atoms with van der Waals surface area (Å²) >= 11 is 0. The van der Waals surface area contributed by atoms with Gasteiger partial charge in [-0.15, -0.1) is 0 Å². The van der Waals surface area contributed by atoms with Gasteiger partial charge in [0.15, 0.2) is 0 Å². The third kappa shape index (κ3) is 4.19. The first-order chi connectivity index (χ1) is 18.6. The molecule has 8 heteroatoms. The maximum Gasteiger partial charge on any atom is 0.335 e. The molecule has 9 atom stereocenters. The minimum atomic E-state index is -0.695. The van der Waals surface area contributed by atoms with Crippen molar-refractivity contribution in [2.24, 2.45) is 28.6 Å². The summed E-state index contributed by atoms with van der Waals surface area (Å²) in [6.45, 7) is 6.79. The Balaban J connectivity index is 1.16. The fourth-order valence-electron chi connectivity index (χ4n) is 10.2. The van der Waals surface area contributed by atoms with Gasteiger partial charge >= 0.3 is 11.7 Å². The number of fused-ring (bicyclic) bond motifs is 5. The zero-order valence-corrected chi connectivity index (χ0v) is 23.9. The molecule has 6 rings (SSSR count). The van der Waals surface area contributed by atoms with E-state index in [0.29, 0.717) is 30.8 Å². The summed E-state index contributed by atoms with van der Waals surface area (Å²) in [5.41, 5.74) is 0.0119. The summed E-state index contributed by atoms with van der Waals surface area (Å²) in [5.74, 6) is 1.58. The largest absolute Gasteiger partial charge is 0.431 e. The predicted octanol–water partition coefficient (Wildman–Crippen LogP) is 3.57. The molecule has 39 heavy (non-hydrogen) atoms. The van der Waals surface area contributed by atoms with Crippen molar-refractivity contribution in [1.82, 2.24) is 15.1 Å². The van der Waals surface area contributed by atoms with Crippen LogP contribution < -0.4 is 10.9 Å². The van der Waals surface area contributed by atoms with Crippen LogP contribution in [0.5, 0.6) is 0 Å². The van der Waals surface area contributed by atoms with Gasteiger partial charge in [-0.1, -0.05) is 13.8 Å². The van der Waals surface area contributed by atoms with Crippen LogP contribution in [-0.2, 0) is 0 Å². The molecule has 4 saturated carbocycles. The van der Waals surface area contributed by atoms with Crippen molar-refractivity contribution in [3.63, 3.8) is 0 Å². The predicted molar refractivity (Wildman–Crippen MR) is 148 cm³/mol. The standard InChI is InChI=1S/C31H47N3O5/c1-29-11-8-23(33(3)28(37)34-15-14-32-22(17-34)18-35)16-21(29)5-6-26-25(29)9-12-30(2)24(10-13-31(26,30)38)20-4-7-27(36)39-19-20/h4,7,19,21-26,32,35,38H,5-6,8-18H2,1-3H3/t21-,22+,23+,24-,25+,26-,29+,30-,31+/m1/s1. The molecule has 3 N–H and O–H groups in total. The van der Waals surface area contributed by atoms with Crippen molar-refractivity contribution in [3.05, 3.63) is 34.4 Å². The maximum atomic E-state index is 13.4. The molecule has 4 aliphatic carbocycles. The Morgan fingerprint density at radius 3 is 2.69 bits per heavy atom. The van der Waals surface area contributed by atoms with Gasteiger partial charge in [0, 0.05) is 50.2 Å². The number of rotatable bonds is 3. The molecule has 0 unspecified atom stereocenters. The molecule has 5 fully saturated rings. The molecular weight excluding hydrogens is 494 g/mol. The van der Waals surface area contributed by atoms with Crippen LogP contribution in [0.25, 0.3) is 0 Å². The van der Waals surface area contributed by atoms with Crippen molar-refractivity contribution in [2.75, 3.05) is 33.3 Å². The van der Waals surface area contributed by atoms with Crippen LogP contribution in [-0.4, -0.2) is 77.0 Å². The van der Waals surface area contributed by atoms with Gasteiger partial charge in [-0.25, -0.2) is 9.59 Å². The highest BCUT2D eigenvalue weighted by atomic mass is 16.4. The van der Waals surface area contributed by atoms with Gasteiger partial charge in [-0.05, 0) is 98.5 Å². The molecule has 1 saturated heterocycles. The summed E-state index contributed by atoms with van der Waals surface area (Å²) in [4.78, 5) is 28.8. The minimum absolute atomic E-state index is 0.0422. The van der Waals surface area contributed by atoms with Gasteiger partial charge in [-0.3, -0.25) is 0 Å². The number of nitrogens with zero attached hydrogens (tertiary/aromatic N) is 2. The van der Waals surface area contributed by atoms with Gasteiger partial charge < -0.3 is 29.7 Å². The van der Waals surface area contributed by atoms with Gasteiger partial charge in [0.1, 0.15) is 0 Å². The quantitative estimate of drug-likeness (QED) is 0.540. The zero-order chi connectivity index (χ0) is 27.6. The number of carbonyl (C=O) groups excluding carboxylic acids is 1. The normalized spacial score (nSPS) is 43.8. The van der Waals surface area contributed by atoms with Gasteiger partial charge in [0.25, 0.3) is 0 Å². The lowest BCUT2D eigenvalue weighted by Crippen LogP contribution is -2.63. The Labute approximate surface area is 232 Å². The van der Waals surface area contributed by atoms with E-state index in [9.17, 15) is 19.8 Å². The molecule has 0 radical (unpaired) electrons. The second-order valence-electron chi connectivity index (χ2n) is 14.0. The second kappa shape index (κ2) is 9.88. The molecule has 0 spiro atoms. The molecule has 1 aromatic heterocycles. The average molecular weight is 542 g/mol. The van der Waals surface area contributed by atoms with Crippen LogP contribution in [0.1, 0.15) is 83.1 Å². The zero-order valence-electron chi connectivity index (χ0n) is 23.9. The van der Waals surface area contributed by atoms with Gasteiger partial charge in [0.05, 0.1) is 18.5 Å². The molecule has 2 amide bonds. The first-order valence-electron chi connectivity index (χ1n) is 15.3. The van der Waals surface area contributed by atoms with Gasteiger partial charge in [0.2, 0.25) is 0 Å². The summed E-state index contributed by atoms with van der Waals surface area (Å²) in [6.07, 6.45) is 10.8. The average Bonchev–Trinajstić information content (AvgIpc) is 3.23. The third-order valence-electron chi connectivity index (χ3n) is 12.5. The lowest BCUT2D eigenvalue weighted by molar-refractivity contribution is -0.203. The molecule has 216 valence electrons. The number of piperazine rings is 1. The van der Waals surface area contributed by atoms with Crippen molar-refractivity contribution in [2.45, 2.75) is 95.2 Å². The van der Waals surface area contributed by atoms with E-state index in [4.69, 9.17) is 4.42 Å². The Kier molecular flexibility index (Phi) is 6.91. The van der Waals surface area contributed by atoms with Crippen LogP contribution in [0.15, 0.2) is 27.6 Å². The molecular formula is C31H47N3O5. The second-order valence-corrected chi connectivity index (χ2v) is 14.0. The Morgan fingerprint density at radius 2 is 1.95 bits per heavy atom. The smallest absolute Gasteiger partial charge is 0.335 e. The molecule has 1 aliphatic heterocycles. The van der Waals surface area contributed by atoms with E-state index in [-0.39, 0.29) is 47.1 Å². The number of nitrogens with one attached hydrogen (secondary N) is 1. The lowest BCUT2D eigenvalue weighted by atomic mass is 9.43. The molecule has 0 bridgehead atoms. The van der Waals surface area contributed by atoms with Crippen LogP contribution >= 0.6 is 0 Å². The van der Waals surface area contributed by atoms with Crippen molar-refractivity contribution in [3.8, 4) is 0 Å². The first kappa shape index (κ1) is 27.3. The Morgan fingerprint density at radius 1 is 1.13 bits per heavy atom. The van der Waals surface area contributed by atoms with E-state index < -0.39 is 5.60 Å². The number of aliphatic hydroxyl groups excluding tert-OH is 1. The minimum Gasteiger partial charge on any atom is -0.431 e. The van der Waals surface area contributed by atoms with Gasteiger partial charge in [-0.2, -0.15) is 0 Å². The highest BCUT2D eigenvalue weighted by molar-refractivity contribution is 5.74. The number of carbonyl (C=O) groups is 1. The van der Waals surface area contributed by atoms with E-state index in [1.165, 1.54) is 6.07 Å². The van der Waals surface area contributed by atoms with Crippen LogP contribution in [0.3, 0.4) is 0 Å². The Hall–Kier alpha value is -1.90.